The molecule has 2 rings (SSSR count). The number of hydrogen-bond acceptors (Lipinski definition) is 5. The number of nitrogens with zero attached hydrogens (tertiary/aromatic N) is 3. The molecule has 7 heteroatoms. The Morgan fingerprint density at radius 3 is 2.46 bits per heavy atom. The van der Waals surface area contributed by atoms with Crippen molar-refractivity contribution >= 4 is 17.7 Å². The summed E-state index contributed by atoms with van der Waals surface area (Å²) >= 11 is 0. The predicted octanol–water partition coefficient (Wildman–Crippen LogP) is 2.69. The van der Waals surface area contributed by atoms with Gasteiger partial charge in [-0.05, 0) is 31.0 Å². The summed E-state index contributed by atoms with van der Waals surface area (Å²) in [5.74, 6) is -1.06. The first kappa shape index (κ1) is 21.3. The zero-order valence-electron chi connectivity index (χ0n) is 17.3. The van der Waals surface area contributed by atoms with Crippen LogP contribution in [0.1, 0.15) is 51.5 Å². The predicted molar refractivity (Wildman–Crippen MR) is 105 cm³/mol. The summed E-state index contributed by atoms with van der Waals surface area (Å²) < 4.78 is 6.49. The maximum Gasteiger partial charge on any atom is 0.354 e. The van der Waals surface area contributed by atoms with Crippen molar-refractivity contribution < 1.29 is 19.1 Å². The summed E-state index contributed by atoms with van der Waals surface area (Å²) in [6, 6.07) is 3.66. The van der Waals surface area contributed by atoms with Crippen LogP contribution in [0.15, 0.2) is 24.5 Å². The average molecular weight is 385 g/mol. The molecule has 1 amide bonds. The lowest BCUT2D eigenvalue weighted by Gasteiger charge is -2.24. The van der Waals surface area contributed by atoms with E-state index in [9.17, 15) is 14.4 Å². The third kappa shape index (κ3) is 4.30. The standard InChI is InChI=1S/C21H27N3O4/c1-13(2)20(26)24(11-16-8-7-9-22-10-16)12-17(25)18-14(3)19(21(27)28-6)23(5)15(18)4/h7-10,13H,11-12H2,1-6H3. The normalized spacial score (nSPS) is 10.8. The molecule has 2 aromatic heterocycles. The van der Waals surface area contributed by atoms with E-state index < -0.39 is 5.97 Å². The molecule has 0 unspecified atom stereocenters. The summed E-state index contributed by atoms with van der Waals surface area (Å²) in [7, 11) is 3.03. The number of esters is 1. The second-order valence-electron chi connectivity index (χ2n) is 7.12. The van der Waals surface area contributed by atoms with Gasteiger partial charge in [-0.15, -0.1) is 0 Å². The highest BCUT2D eigenvalue weighted by atomic mass is 16.5. The molecule has 0 saturated heterocycles. The van der Waals surface area contributed by atoms with Crippen LogP contribution in [-0.4, -0.2) is 45.8 Å². The van der Waals surface area contributed by atoms with Crippen molar-refractivity contribution in [2.75, 3.05) is 13.7 Å². The molecule has 2 aromatic rings. The maximum atomic E-state index is 13.1. The first-order valence-corrected chi connectivity index (χ1v) is 9.14. The highest BCUT2D eigenvalue weighted by Crippen LogP contribution is 2.23. The molecule has 0 aliphatic heterocycles. The summed E-state index contributed by atoms with van der Waals surface area (Å²) in [6.45, 7) is 7.34. The molecule has 0 aromatic carbocycles. The number of carbonyl (C=O) groups is 3. The lowest BCUT2D eigenvalue weighted by Crippen LogP contribution is -2.38. The molecule has 7 nitrogen and oxygen atoms in total. The SMILES string of the molecule is COC(=O)c1c(C)c(C(=O)CN(Cc2cccnc2)C(=O)C(C)C)c(C)n1C. The minimum atomic E-state index is -0.493. The Morgan fingerprint density at radius 2 is 1.93 bits per heavy atom. The van der Waals surface area contributed by atoms with Crippen molar-refractivity contribution in [3.63, 3.8) is 0 Å². The molecule has 0 atom stereocenters. The Balaban J connectivity index is 2.36. The van der Waals surface area contributed by atoms with Crippen molar-refractivity contribution in [2.24, 2.45) is 13.0 Å². The zero-order chi connectivity index (χ0) is 21.0. The van der Waals surface area contributed by atoms with Crippen LogP contribution in [0.4, 0.5) is 0 Å². The van der Waals surface area contributed by atoms with Gasteiger partial charge in [0, 0.05) is 43.2 Å². The van der Waals surface area contributed by atoms with E-state index in [2.05, 4.69) is 4.98 Å². The second-order valence-corrected chi connectivity index (χ2v) is 7.12. The zero-order valence-corrected chi connectivity index (χ0v) is 17.3. The molecule has 2 heterocycles. The lowest BCUT2D eigenvalue weighted by atomic mass is 10.0. The number of hydrogen-bond donors (Lipinski definition) is 0. The number of methoxy groups -OCH3 is 1. The molecule has 28 heavy (non-hydrogen) atoms. The Hall–Kier alpha value is -2.96. The number of carbonyl (C=O) groups excluding carboxylic acids is 3. The number of pyridine rings is 1. The van der Waals surface area contributed by atoms with E-state index in [0.717, 1.165) is 5.56 Å². The summed E-state index contributed by atoms with van der Waals surface area (Å²) in [5.41, 5.74) is 2.88. The Morgan fingerprint density at radius 1 is 1.25 bits per heavy atom. The fourth-order valence-corrected chi connectivity index (χ4v) is 3.32. The first-order chi connectivity index (χ1) is 13.2. The summed E-state index contributed by atoms with van der Waals surface area (Å²) in [6.07, 6.45) is 3.34. The quantitative estimate of drug-likeness (QED) is 0.541. The van der Waals surface area contributed by atoms with Gasteiger partial charge in [0.25, 0.3) is 0 Å². The van der Waals surface area contributed by atoms with Crippen LogP contribution in [0.2, 0.25) is 0 Å². The van der Waals surface area contributed by atoms with Crippen LogP contribution in [0, 0.1) is 19.8 Å². The van der Waals surface area contributed by atoms with E-state index in [1.165, 1.54) is 12.0 Å². The minimum absolute atomic E-state index is 0.0712. The van der Waals surface area contributed by atoms with E-state index in [-0.39, 0.29) is 24.2 Å². The van der Waals surface area contributed by atoms with Gasteiger partial charge in [-0.1, -0.05) is 19.9 Å². The van der Waals surface area contributed by atoms with Gasteiger partial charge in [-0.2, -0.15) is 0 Å². The third-order valence-electron chi connectivity index (χ3n) is 4.82. The van der Waals surface area contributed by atoms with Crippen LogP contribution in [-0.2, 0) is 23.1 Å². The molecule has 0 fully saturated rings. The summed E-state index contributed by atoms with van der Waals surface area (Å²) in [5, 5.41) is 0. The smallest absolute Gasteiger partial charge is 0.354 e. The Bertz CT molecular complexity index is 885. The van der Waals surface area contributed by atoms with Crippen molar-refractivity contribution in [1.29, 1.82) is 0 Å². The monoisotopic (exact) mass is 385 g/mol. The molecule has 0 spiro atoms. The van der Waals surface area contributed by atoms with Gasteiger partial charge in [-0.3, -0.25) is 14.6 Å². The fraction of sp³-hybridized carbons (Fsp3) is 0.429. The minimum Gasteiger partial charge on any atom is -0.464 e. The van der Waals surface area contributed by atoms with Crippen molar-refractivity contribution in [3.05, 3.63) is 52.6 Å². The molecule has 0 bridgehead atoms. The molecule has 0 radical (unpaired) electrons. The number of Topliss-reactive ketones (excluding diaryl/α,β-unsaturated/α-hetero) is 1. The van der Waals surface area contributed by atoms with Gasteiger partial charge in [0.05, 0.1) is 13.7 Å². The number of rotatable bonds is 7. The molecule has 150 valence electrons. The van der Waals surface area contributed by atoms with E-state index in [0.29, 0.717) is 29.1 Å². The molecule has 0 aliphatic carbocycles. The molecular weight excluding hydrogens is 358 g/mol. The van der Waals surface area contributed by atoms with Gasteiger partial charge >= 0.3 is 5.97 Å². The number of ether oxygens (including phenoxy) is 1. The van der Waals surface area contributed by atoms with E-state index in [1.54, 1.807) is 57.8 Å². The second kappa shape index (κ2) is 8.82. The first-order valence-electron chi connectivity index (χ1n) is 9.14. The third-order valence-corrected chi connectivity index (χ3v) is 4.82. The molecule has 0 aliphatic rings. The van der Waals surface area contributed by atoms with Crippen LogP contribution >= 0.6 is 0 Å². The highest BCUT2D eigenvalue weighted by molar-refractivity contribution is 6.04. The largest absolute Gasteiger partial charge is 0.464 e. The van der Waals surface area contributed by atoms with Gasteiger partial charge in [0.2, 0.25) is 5.91 Å². The summed E-state index contributed by atoms with van der Waals surface area (Å²) in [4.78, 5) is 43.5. The molecule has 0 N–H and O–H groups in total. The average Bonchev–Trinajstić information content (AvgIpc) is 2.89. The number of amides is 1. The lowest BCUT2D eigenvalue weighted by molar-refractivity contribution is -0.134. The molecular formula is C21H27N3O4. The van der Waals surface area contributed by atoms with E-state index >= 15 is 0 Å². The van der Waals surface area contributed by atoms with Crippen LogP contribution in [0.3, 0.4) is 0 Å². The van der Waals surface area contributed by atoms with Crippen LogP contribution in [0.5, 0.6) is 0 Å². The van der Waals surface area contributed by atoms with Gasteiger partial charge in [0.15, 0.2) is 5.78 Å². The fourth-order valence-electron chi connectivity index (χ4n) is 3.32. The maximum absolute atomic E-state index is 13.1. The number of ketones is 1. The van der Waals surface area contributed by atoms with Crippen LogP contribution < -0.4 is 0 Å². The van der Waals surface area contributed by atoms with Crippen molar-refractivity contribution in [2.45, 2.75) is 34.2 Å². The Labute approximate surface area is 165 Å². The topological polar surface area (TPSA) is 81.5 Å². The highest BCUT2D eigenvalue weighted by Gasteiger charge is 2.28. The van der Waals surface area contributed by atoms with Gasteiger partial charge < -0.3 is 14.2 Å². The van der Waals surface area contributed by atoms with Crippen molar-refractivity contribution in [3.8, 4) is 0 Å². The number of aromatic nitrogens is 2. The van der Waals surface area contributed by atoms with Gasteiger partial charge in [-0.25, -0.2) is 4.79 Å². The molecule has 0 saturated carbocycles. The van der Waals surface area contributed by atoms with E-state index in [1.807, 2.05) is 6.07 Å². The Kier molecular flexibility index (Phi) is 6.72. The van der Waals surface area contributed by atoms with Crippen LogP contribution in [0.25, 0.3) is 0 Å². The van der Waals surface area contributed by atoms with Gasteiger partial charge in [0.1, 0.15) is 5.69 Å². The van der Waals surface area contributed by atoms with E-state index in [4.69, 9.17) is 4.74 Å². The van der Waals surface area contributed by atoms with Crippen molar-refractivity contribution in [1.82, 2.24) is 14.5 Å².